The zero-order valence-corrected chi connectivity index (χ0v) is 20.0. The standard InChI is InChI=1S/C28H31FN2O4/c1-2-8-24-26(29)31(25(32)17-19-9-4-3-5-10-19)28(35)30(24)18-20-13-15-21(16-14-20)22-11-6-7-12-23(22)27(33)34/h6-7,11-16,19H,2-5,8-10,17-18H2,1H3,(H,33,34). The van der Waals surface area contributed by atoms with Crippen LogP contribution in [0.4, 0.5) is 4.39 Å². The summed E-state index contributed by atoms with van der Waals surface area (Å²) in [7, 11) is 0. The summed E-state index contributed by atoms with van der Waals surface area (Å²) in [5.41, 5.74) is 1.91. The Morgan fingerprint density at radius 3 is 2.37 bits per heavy atom. The lowest BCUT2D eigenvalue weighted by atomic mass is 9.87. The van der Waals surface area contributed by atoms with E-state index < -0.39 is 23.5 Å². The predicted molar refractivity (Wildman–Crippen MR) is 132 cm³/mol. The molecule has 7 heteroatoms. The van der Waals surface area contributed by atoms with E-state index in [1.165, 1.54) is 4.57 Å². The van der Waals surface area contributed by atoms with Crippen molar-refractivity contribution in [3.63, 3.8) is 0 Å². The van der Waals surface area contributed by atoms with E-state index in [1.54, 1.807) is 48.5 Å². The second-order valence-corrected chi connectivity index (χ2v) is 9.34. The topological polar surface area (TPSA) is 81.3 Å². The van der Waals surface area contributed by atoms with Crippen LogP contribution in [-0.2, 0) is 13.0 Å². The molecule has 0 bridgehead atoms. The van der Waals surface area contributed by atoms with Gasteiger partial charge in [-0.05, 0) is 47.9 Å². The zero-order chi connectivity index (χ0) is 24.9. The van der Waals surface area contributed by atoms with E-state index in [1.807, 2.05) is 6.92 Å². The molecule has 35 heavy (non-hydrogen) atoms. The molecule has 1 saturated carbocycles. The lowest BCUT2D eigenvalue weighted by Gasteiger charge is -2.20. The normalized spacial score (nSPS) is 14.2. The van der Waals surface area contributed by atoms with E-state index in [0.29, 0.717) is 18.4 Å². The third kappa shape index (κ3) is 5.29. The van der Waals surface area contributed by atoms with Crippen LogP contribution in [0.15, 0.2) is 53.3 Å². The highest BCUT2D eigenvalue weighted by atomic mass is 19.1. The zero-order valence-electron chi connectivity index (χ0n) is 20.0. The number of carbonyl (C=O) groups excluding carboxylic acids is 1. The number of hydrogen-bond donors (Lipinski definition) is 1. The molecule has 0 atom stereocenters. The minimum Gasteiger partial charge on any atom is -0.478 e. The lowest BCUT2D eigenvalue weighted by molar-refractivity contribution is 0.0697. The smallest absolute Gasteiger partial charge is 0.337 e. The van der Waals surface area contributed by atoms with Gasteiger partial charge in [0.25, 0.3) is 0 Å². The molecular formula is C28H31FN2O4. The van der Waals surface area contributed by atoms with Gasteiger partial charge in [-0.3, -0.25) is 9.36 Å². The van der Waals surface area contributed by atoms with Crippen LogP contribution in [0.5, 0.6) is 0 Å². The molecule has 6 nitrogen and oxygen atoms in total. The summed E-state index contributed by atoms with van der Waals surface area (Å²) < 4.78 is 17.4. The second-order valence-electron chi connectivity index (χ2n) is 9.34. The number of carbonyl (C=O) groups is 2. The first-order valence-corrected chi connectivity index (χ1v) is 12.4. The molecule has 2 aromatic carbocycles. The molecule has 3 aromatic rings. The van der Waals surface area contributed by atoms with Gasteiger partial charge in [0.05, 0.1) is 17.8 Å². The van der Waals surface area contributed by atoms with Crippen molar-refractivity contribution in [1.29, 1.82) is 0 Å². The molecule has 1 N–H and O–H groups in total. The van der Waals surface area contributed by atoms with Gasteiger partial charge in [0.2, 0.25) is 11.9 Å². The number of imidazole rings is 1. The maximum atomic E-state index is 15.3. The third-order valence-electron chi connectivity index (χ3n) is 6.87. The summed E-state index contributed by atoms with van der Waals surface area (Å²) >= 11 is 0. The van der Waals surface area contributed by atoms with Crippen molar-refractivity contribution in [1.82, 2.24) is 9.13 Å². The average molecular weight is 479 g/mol. The molecule has 0 amide bonds. The third-order valence-corrected chi connectivity index (χ3v) is 6.87. The van der Waals surface area contributed by atoms with Gasteiger partial charge in [-0.2, -0.15) is 4.39 Å². The van der Waals surface area contributed by atoms with Gasteiger partial charge < -0.3 is 5.11 Å². The second kappa shape index (κ2) is 10.8. The van der Waals surface area contributed by atoms with Crippen LogP contribution >= 0.6 is 0 Å². The first-order chi connectivity index (χ1) is 16.9. The highest BCUT2D eigenvalue weighted by Crippen LogP contribution is 2.27. The lowest BCUT2D eigenvalue weighted by Crippen LogP contribution is -2.31. The number of rotatable bonds is 8. The van der Waals surface area contributed by atoms with E-state index in [-0.39, 0.29) is 30.1 Å². The quantitative estimate of drug-likeness (QED) is 0.446. The van der Waals surface area contributed by atoms with Crippen LogP contribution in [0.3, 0.4) is 0 Å². The van der Waals surface area contributed by atoms with E-state index in [4.69, 9.17) is 0 Å². The maximum absolute atomic E-state index is 15.3. The molecule has 0 radical (unpaired) electrons. The predicted octanol–water partition coefficient (Wildman–Crippen LogP) is 5.77. The van der Waals surface area contributed by atoms with Crippen LogP contribution < -0.4 is 5.69 Å². The molecule has 4 rings (SSSR count). The molecule has 1 fully saturated rings. The summed E-state index contributed by atoms with van der Waals surface area (Å²) in [6.07, 6.45) is 6.40. The molecule has 0 aliphatic heterocycles. The van der Waals surface area contributed by atoms with Gasteiger partial charge in [0.15, 0.2) is 0 Å². The van der Waals surface area contributed by atoms with Crippen molar-refractivity contribution in [2.75, 3.05) is 0 Å². The Kier molecular flexibility index (Phi) is 7.63. The van der Waals surface area contributed by atoms with Crippen molar-refractivity contribution in [2.45, 2.75) is 64.8 Å². The molecule has 0 spiro atoms. The van der Waals surface area contributed by atoms with Crippen molar-refractivity contribution >= 4 is 11.9 Å². The average Bonchev–Trinajstić information content (AvgIpc) is 3.09. The van der Waals surface area contributed by atoms with Gasteiger partial charge in [0, 0.05) is 6.42 Å². The maximum Gasteiger partial charge on any atom is 0.337 e. The van der Waals surface area contributed by atoms with E-state index >= 15 is 4.39 Å². The van der Waals surface area contributed by atoms with E-state index in [9.17, 15) is 19.5 Å². The number of aromatic nitrogens is 2. The molecule has 0 unspecified atom stereocenters. The minimum absolute atomic E-state index is 0.135. The van der Waals surface area contributed by atoms with Crippen LogP contribution in [0.25, 0.3) is 11.1 Å². The van der Waals surface area contributed by atoms with Crippen LogP contribution in [-0.4, -0.2) is 26.1 Å². The van der Waals surface area contributed by atoms with E-state index in [0.717, 1.165) is 47.8 Å². The van der Waals surface area contributed by atoms with Gasteiger partial charge in [0.1, 0.15) is 0 Å². The fraction of sp³-hybridized carbons (Fsp3) is 0.393. The SMILES string of the molecule is CCCc1c(F)n(C(=O)CC2CCCCC2)c(=O)n1Cc1ccc(-c2ccccc2C(=O)O)cc1. The number of hydrogen-bond acceptors (Lipinski definition) is 3. The monoisotopic (exact) mass is 478 g/mol. The number of carboxylic acid groups (broad SMARTS) is 1. The van der Waals surface area contributed by atoms with Crippen molar-refractivity contribution in [3.05, 3.63) is 81.8 Å². The van der Waals surface area contributed by atoms with Gasteiger partial charge in [-0.25, -0.2) is 14.2 Å². The van der Waals surface area contributed by atoms with Crippen LogP contribution in [0.2, 0.25) is 0 Å². The van der Waals surface area contributed by atoms with Crippen molar-refractivity contribution in [3.8, 4) is 11.1 Å². The largest absolute Gasteiger partial charge is 0.478 e. The first kappa shape index (κ1) is 24.6. The molecule has 184 valence electrons. The summed E-state index contributed by atoms with van der Waals surface area (Å²) in [5.74, 6) is -2.00. The molecule has 1 aliphatic rings. The number of aromatic carboxylic acids is 1. The summed E-state index contributed by atoms with van der Waals surface area (Å²) in [4.78, 5) is 37.7. The molecular weight excluding hydrogens is 447 g/mol. The minimum atomic E-state index is -1.00. The van der Waals surface area contributed by atoms with Crippen molar-refractivity contribution < 1.29 is 19.1 Å². The van der Waals surface area contributed by atoms with Crippen LogP contribution in [0.1, 0.15) is 78.3 Å². The Balaban J connectivity index is 1.61. The number of carboxylic acids is 1. The fourth-order valence-electron chi connectivity index (χ4n) is 5.04. The summed E-state index contributed by atoms with van der Waals surface area (Å²) in [6.45, 7) is 2.04. The Bertz CT molecular complexity index is 1270. The fourth-order valence-corrected chi connectivity index (χ4v) is 5.04. The number of benzene rings is 2. The molecule has 1 aromatic heterocycles. The Morgan fingerprint density at radius 2 is 1.71 bits per heavy atom. The van der Waals surface area contributed by atoms with Crippen molar-refractivity contribution in [2.24, 2.45) is 5.92 Å². The molecule has 1 heterocycles. The van der Waals surface area contributed by atoms with E-state index in [2.05, 4.69) is 0 Å². The number of halogens is 1. The highest BCUT2D eigenvalue weighted by Gasteiger charge is 2.26. The van der Waals surface area contributed by atoms with Gasteiger partial charge >= 0.3 is 11.7 Å². The van der Waals surface area contributed by atoms with Gasteiger partial charge in [-0.15, -0.1) is 0 Å². The summed E-state index contributed by atoms with van der Waals surface area (Å²) in [5, 5.41) is 9.46. The van der Waals surface area contributed by atoms with Gasteiger partial charge in [-0.1, -0.05) is 75.1 Å². The Labute approximate surface area is 204 Å². The first-order valence-electron chi connectivity index (χ1n) is 12.4. The Morgan fingerprint density at radius 1 is 1.03 bits per heavy atom. The Hall–Kier alpha value is -3.48. The summed E-state index contributed by atoms with van der Waals surface area (Å²) in [6, 6.07) is 13.9. The van der Waals surface area contributed by atoms with Crippen LogP contribution in [0, 0.1) is 11.9 Å². The number of nitrogens with zero attached hydrogens (tertiary/aromatic N) is 2. The molecule has 1 aliphatic carbocycles. The molecule has 0 saturated heterocycles. The highest BCUT2D eigenvalue weighted by molar-refractivity contribution is 5.96.